The number of urea groups is 1. The number of benzene rings is 1. The summed E-state index contributed by atoms with van der Waals surface area (Å²) in [6.07, 6.45) is 1.57. The van der Waals surface area contributed by atoms with E-state index in [2.05, 4.69) is 5.32 Å². The third-order valence-electron chi connectivity index (χ3n) is 3.65. The molecule has 1 aliphatic rings. The lowest BCUT2D eigenvalue weighted by atomic mass is 10.1. The van der Waals surface area contributed by atoms with Crippen molar-refractivity contribution in [2.24, 2.45) is 0 Å². The first-order chi connectivity index (χ1) is 11.2. The Bertz CT molecular complexity index is 619. The molecule has 1 fully saturated rings. The van der Waals surface area contributed by atoms with E-state index in [1.807, 2.05) is 36.4 Å². The second kappa shape index (κ2) is 7.30. The smallest absolute Gasteiger partial charge is 0.321 e. The number of ether oxygens (including phenoxy) is 2. The molecule has 3 rings (SSSR count). The van der Waals surface area contributed by atoms with E-state index < -0.39 is 0 Å². The molecule has 23 heavy (non-hydrogen) atoms. The Hall–Kier alpha value is -2.31. The maximum absolute atomic E-state index is 12.2. The van der Waals surface area contributed by atoms with Gasteiger partial charge < -0.3 is 24.1 Å². The fraction of sp³-hybridized carbons (Fsp3) is 0.353. The summed E-state index contributed by atoms with van der Waals surface area (Å²) in [5.74, 6) is 0.800. The highest BCUT2D eigenvalue weighted by atomic mass is 16.6. The predicted octanol–water partition coefficient (Wildman–Crippen LogP) is 2.83. The molecule has 122 valence electrons. The van der Waals surface area contributed by atoms with Gasteiger partial charge in [0.15, 0.2) is 0 Å². The highest BCUT2D eigenvalue weighted by molar-refractivity contribution is 5.89. The number of rotatable bonds is 4. The van der Waals surface area contributed by atoms with Gasteiger partial charge in [-0.2, -0.15) is 0 Å². The Morgan fingerprint density at radius 2 is 2.09 bits per heavy atom. The minimum absolute atomic E-state index is 0.0687. The first-order valence-electron chi connectivity index (χ1n) is 7.58. The average Bonchev–Trinajstić information content (AvgIpc) is 3.11. The Kier molecular flexibility index (Phi) is 4.95. The van der Waals surface area contributed by atoms with Crippen LogP contribution in [0.25, 0.3) is 11.3 Å². The van der Waals surface area contributed by atoms with Crippen molar-refractivity contribution in [3.8, 4) is 11.3 Å². The monoisotopic (exact) mass is 316 g/mol. The lowest BCUT2D eigenvalue weighted by Crippen LogP contribution is -2.42. The molecule has 2 aromatic rings. The maximum Gasteiger partial charge on any atom is 0.321 e. The number of nitrogens with zero attached hydrogens (tertiary/aromatic N) is 1. The largest absolute Gasteiger partial charge is 0.464 e. The molecule has 1 saturated heterocycles. The summed E-state index contributed by atoms with van der Waals surface area (Å²) in [6.45, 7) is 2.22. The number of hydrogen-bond donors (Lipinski definition) is 1. The average molecular weight is 316 g/mol. The van der Waals surface area contributed by atoms with Crippen molar-refractivity contribution in [1.82, 2.24) is 4.90 Å². The van der Waals surface area contributed by atoms with Crippen LogP contribution < -0.4 is 5.32 Å². The summed E-state index contributed by atoms with van der Waals surface area (Å²) in [7, 11) is 1.74. The second-order valence-electron chi connectivity index (χ2n) is 5.43. The third-order valence-corrected chi connectivity index (χ3v) is 3.65. The van der Waals surface area contributed by atoms with Gasteiger partial charge >= 0.3 is 6.03 Å². The Balaban J connectivity index is 1.54. The van der Waals surface area contributed by atoms with E-state index in [1.165, 1.54) is 0 Å². The third kappa shape index (κ3) is 4.12. The summed E-state index contributed by atoms with van der Waals surface area (Å²) in [5.41, 5.74) is 1.70. The van der Waals surface area contributed by atoms with Crippen LogP contribution in [0.3, 0.4) is 0 Å². The van der Waals surface area contributed by atoms with Crippen molar-refractivity contribution in [2.45, 2.75) is 6.10 Å². The van der Waals surface area contributed by atoms with Gasteiger partial charge in [0.1, 0.15) is 5.76 Å². The van der Waals surface area contributed by atoms with Crippen LogP contribution in [0.1, 0.15) is 0 Å². The molecule has 1 aliphatic heterocycles. The van der Waals surface area contributed by atoms with Gasteiger partial charge in [-0.15, -0.1) is 0 Å². The molecule has 2 amide bonds. The molecular weight excluding hydrogens is 296 g/mol. The Morgan fingerprint density at radius 3 is 2.74 bits per heavy atom. The van der Waals surface area contributed by atoms with Crippen LogP contribution in [0.5, 0.6) is 0 Å². The molecule has 0 bridgehead atoms. The number of likely N-dealkylation sites (N-methyl/N-ethyl adjacent to an activating group) is 1. The van der Waals surface area contributed by atoms with E-state index in [4.69, 9.17) is 13.9 Å². The SMILES string of the molecule is CN(C[C@@H]1COCCO1)C(=O)Nc1ccc(-c2ccco2)cc1. The fourth-order valence-corrected chi connectivity index (χ4v) is 2.41. The first kappa shape index (κ1) is 15.6. The van der Waals surface area contributed by atoms with Crippen LogP contribution >= 0.6 is 0 Å². The Labute approximate surface area is 135 Å². The molecule has 0 aliphatic carbocycles. The lowest BCUT2D eigenvalue weighted by Gasteiger charge is -2.27. The summed E-state index contributed by atoms with van der Waals surface area (Å²) in [6, 6.07) is 11.1. The lowest BCUT2D eigenvalue weighted by molar-refractivity contribution is -0.0925. The molecule has 1 aromatic carbocycles. The van der Waals surface area contributed by atoms with E-state index in [1.54, 1.807) is 18.2 Å². The molecule has 1 aromatic heterocycles. The molecule has 1 N–H and O–H groups in total. The molecule has 0 radical (unpaired) electrons. The molecule has 0 spiro atoms. The van der Waals surface area contributed by atoms with E-state index in [0.29, 0.717) is 26.4 Å². The van der Waals surface area contributed by atoms with Gasteiger partial charge in [0.05, 0.1) is 38.7 Å². The van der Waals surface area contributed by atoms with Crippen LogP contribution in [0.15, 0.2) is 47.1 Å². The minimum Gasteiger partial charge on any atom is -0.464 e. The van der Waals surface area contributed by atoms with Gasteiger partial charge in [-0.3, -0.25) is 0 Å². The molecule has 6 nitrogen and oxygen atoms in total. The molecule has 6 heteroatoms. The van der Waals surface area contributed by atoms with Crippen molar-refractivity contribution in [2.75, 3.05) is 38.7 Å². The zero-order valence-electron chi connectivity index (χ0n) is 13.0. The molecule has 0 unspecified atom stereocenters. The van der Waals surface area contributed by atoms with Crippen LogP contribution in [-0.2, 0) is 9.47 Å². The van der Waals surface area contributed by atoms with E-state index in [0.717, 1.165) is 17.0 Å². The number of amides is 2. The number of nitrogens with one attached hydrogen (secondary N) is 1. The predicted molar refractivity (Wildman–Crippen MR) is 86.4 cm³/mol. The van der Waals surface area contributed by atoms with Crippen molar-refractivity contribution in [3.05, 3.63) is 42.7 Å². The van der Waals surface area contributed by atoms with Gasteiger partial charge in [0.25, 0.3) is 0 Å². The van der Waals surface area contributed by atoms with Crippen LogP contribution in [0, 0.1) is 0 Å². The molecule has 1 atom stereocenters. The highest BCUT2D eigenvalue weighted by Gasteiger charge is 2.19. The molecule has 2 heterocycles. The second-order valence-corrected chi connectivity index (χ2v) is 5.43. The Morgan fingerprint density at radius 1 is 1.26 bits per heavy atom. The molecular formula is C17H20N2O4. The number of carbonyl (C=O) groups excluding carboxylic acids is 1. The summed E-state index contributed by atoms with van der Waals surface area (Å²) >= 11 is 0. The van der Waals surface area contributed by atoms with Crippen LogP contribution in [-0.4, -0.2) is 50.4 Å². The normalized spacial score (nSPS) is 17.7. The zero-order chi connectivity index (χ0) is 16.1. The van der Waals surface area contributed by atoms with Crippen molar-refractivity contribution in [3.63, 3.8) is 0 Å². The zero-order valence-corrected chi connectivity index (χ0v) is 13.0. The summed E-state index contributed by atoms with van der Waals surface area (Å²) in [5, 5.41) is 2.86. The van der Waals surface area contributed by atoms with Gasteiger partial charge in [0, 0.05) is 18.3 Å². The molecule has 0 saturated carbocycles. The minimum atomic E-state index is -0.176. The van der Waals surface area contributed by atoms with Gasteiger partial charge in [-0.1, -0.05) is 0 Å². The standard InChI is InChI=1S/C17H20N2O4/c1-19(11-15-12-21-9-10-22-15)17(20)18-14-6-4-13(5-7-14)16-3-2-8-23-16/h2-8,15H,9-12H2,1H3,(H,18,20)/t15-/m1/s1. The van der Waals surface area contributed by atoms with Crippen LogP contribution in [0.2, 0.25) is 0 Å². The van der Waals surface area contributed by atoms with Crippen molar-refractivity contribution in [1.29, 1.82) is 0 Å². The highest BCUT2D eigenvalue weighted by Crippen LogP contribution is 2.21. The van der Waals surface area contributed by atoms with Crippen molar-refractivity contribution >= 4 is 11.7 Å². The maximum atomic E-state index is 12.2. The van der Waals surface area contributed by atoms with Gasteiger partial charge in [0.2, 0.25) is 0 Å². The van der Waals surface area contributed by atoms with E-state index >= 15 is 0 Å². The summed E-state index contributed by atoms with van der Waals surface area (Å²) < 4.78 is 16.2. The number of anilines is 1. The van der Waals surface area contributed by atoms with Crippen LogP contribution in [0.4, 0.5) is 10.5 Å². The fourth-order valence-electron chi connectivity index (χ4n) is 2.41. The topological polar surface area (TPSA) is 63.9 Å². The van der Waals surface area contributed by atoms with Gasteiger partial charge in [-0.05, 0) is 36.4 Å². The van der Waals surface area contributed by atoms with Gasteiger partial charge in [-0.25, -0.2) is 4.79 Å². The van der Waals surface area contributed by atoms with E-state index in [-0.39, 0.29) is 12.1 Å². The number of furan rings is 1. The van der Waals surface area contributed by atoms with E-state index in [9.17, 15) is 4.79 Å². The summed E-state index contributed by atoms with van der Waals surface area (Å²) in [4.78, 5) is 13.8. The quantitative estimate of drug-likeness (QED) is 0.942. The first-order valence-corrected chi connectivity index (χ1v) is 7.58. The van der Waals surface area contributed by atoms with Crippen molar-refractivity contribution < 1.29 is 18.7 Å². The number of carbonyl (C=O) groups is 1. The number of hydrogen-bond acceptors (Lipinski definition) is 4.